The van der Waals surface area contributed by atoms with Crippen molar-refractivity contribution in [2.45, 2.75) is 25.6 Å². The van der Waals surface area contributed by atoms with Gasteiger partial charge in [0.05, 0.1) is 5.92 Å². The molecule has 4 rings (SSSR count). The lowest BCUT2D eigenvalue weighted by molar-refractivity contribution is -0.274. The molecule has 1 aliphatic heterocycles. The molecule has 1 saturated heterocycles. The first-order valence-corrected chi connectivity index (χ1v) is 9.55. The van der Waals surface area contributed by atoms with Crippen molar-refractivity contribution in [3.63, 3.8) is 0 Å². The van der Waals surface area contributed by atoms with Crippen LogP contribution >= 0.6 is 0 Å². The Kier molecular flexibility index (Phi) is 5.56. The van der Waals surface area contributed by atoms with Crippen molar-refractivity contribution in [3.8, 4) is 5.75 Å². The summed E-state index contributed by atoms with van der Waals surface area (Å²) in [6.45, 7) is 2.11. The number of aromatic nitrogens is 2. The third-order valence-corrected chi connectivity index (χ3v) is 4.83. The van der Waals surface area contributed by atoms with E-state index in [0.717, 1.165) is 17.7 Å². The van der Waals surface area contributed by atoms with Crippen LogP contribution in [0.4, 0.5) is 24.9 Å². The summed E-state index contributed by atoms with van der Waals surface area (Å²) in [7, 11) is 0. The van der Waals surface area contributed by atoms with E-state index in [4.69, 9.17) is 4.42 Å². The minimum Gasteiger partial charge on any atom is -0.407 e. The normalized spacial score (nSPS) is 16.3. The van der Waals surface area contributed by atoms with Gasteiger partial charge in [0.25, 0.3) is 5.91 Å². The zero-order chi connectivity index (χ0) is 22.9. The van der Waals surface area contributed by atoms with Crippen LogP contribution in [0.15, 0.2) is 52.9 Å². The lowest BCUT2D eigenvalue weighted by atomic mass is 10.1. The number of rotatable bonds is 5. The van der Waals surface area contributed by atoms with E-state index in [1.54, 1.807) is 24.3 Å². The van der Waals surface area contributed by atoms with Gasteiger partial charge in [0.15, 0.2) is 0 Å². The number of carbonyl (C=O) groups excluding carboxylic acids is 2. The standard InChI is InChI=1S/C21H17F3N4O4/c1-12-2-4-13(5-3-12)18(30)25-20-27-26-19(31-20)14-10-17(29)28(11-14)15-6-8-16(9-7-15)32-21(22,23)24/h2-9,14H,10-11H2,1H3,(H,25,27,30). The first-order chi connectivity index (χ1) is 15.2. The number of hydrogen-bond acceptors (Lipinski definition) is 6. The van der Waals surface area contributed by atoms with Gasteiger partial charge in [-0.3, -0.25) is 14.9 Å². The van der Waals surface area contributed by atoms with Gasteiger partial charge in [-0.05, 0) is 43.3 Å². The Labute approximate surface area is 180 Å². The second-order valence-electron chi connectivity index (χ2n) is 7.21. The largest absolute Gasteiger partial charge is 0.573 e. The molecule has 8 nitrogen and oxygen atoms in total. The van der Waals surface area contributed by atoms with E-state index in [2.05, 4.69) is 20.3 Å². The van der Waals surface area contributed by atoms with Crippen LogP contribution in [0.2, 0.25) is 0 Å². The Hall–Kier alpha value is -3.89. The van der Waals surface area contributed by atoms with Gasteiger partial charge in [0, 0.05) is 24.2 Å². The molecule has 166 valence electrons. The number of halogens is 3. The quantitative estimate of drug-likeness (QED) is 0.635. The fraction of sp³-hybridized carbons (Fsp3) is 0.238. The molecule has 1 fully saturated rings. The van der Waals surface area contributed by atoms with Crippen LogP contribution in [0.1, 0.15) is 34.2 Å². The van der Waals surface area contributed by atoms with Gasteiger partial charge < -0.3 is 14.1 Å². The molecule has 1 atom stereocenters. The predicted molar refractivity (Wildman–Crippen MR) is 106 cm³/mol. The first-order valence-electron chi connectivity index (χ1n) is 9.55. The van der Waals surface area contributed by atoms with Gasteiger partial charge in [0.1, 0.15) is 5.75 Å². The molecule has 2 heterocycles. The first kappa shape index (κ1) is 21.3. The molecule has 2 amide bonds. The number of aryl methyl sites for hydroxylation is 1. The maximum Gasteiger partial charge on any atom is 0.573 e. The van der Waals surface area contributed by atoms with Crippen LogP contribution < -0.4 is 15.0 Å². The van der Waals surface area contributed by atoms with Crippen molar-refractivity contribution in [2.24, 2.45) is 0 Å². The summed E-state index contributed by atoms with van der Waals surface area (Å²) in [5.74, 6) is -1.29. The maximum absolute atomic E-state index is 12.4. The average molecular weight is 446 g/mol. The Morgan fingerprint density at radius 2 is 1.81 bits per heavy atom. The Morgan fingerprint density at radius 1 is 1.12 bits per heavy atom. The number of carbonyl (C=O) groups is 2. The third kappa shape index (κ3) is 4.88. The molecule has 11 heteroatoms. The van der Waals surface area contributed by atoms with Crippen molar-refractivity contribution in [1.82, 2.24) is 10.2 Å². The minimum atomic E-state index is -4.79. The van der Waals surface area contributed by atoms with Crippen LogP contribution in [0, 0.1) is 6.92 Å². The predicted octanol–water partition coefficient (Wildman–Crippen LogP) is 4.05. The van der Waals surface area contributed by atoms with Gasteiger partial charge in [-0.15, -0.1) is 18.3 Å². The zero-order valence-corrected chi connectivity index (χ0v) is 16.7. The van der Waals surface area contributed by atoms with Crippen molar-refractivity contribution in [1.29, 1.82) is 0 Å². The fourth-order valence-corrected chi connectivity index (χ4v) is 3.27. The van der Waals surface area contributed by atoms with Crippen LogP contribution in [-0.2, 0) is 4.79 Å². The summed E-state index contributed by atoms with van der Waals surface area (Å²) in [6.07, 6.45) is -4.71. The van der Waals surface area contributed by atoms with E-state index in [9.17, 15) is 22.8 Å². The molecule has 2 aromatic carbocycles. The van der Waals surface area contributed by atoms with Crippen molar-refractivity contribution >= 4 is 23.5 Å². The third-order valence-electron chi connectivity index (χ3n) is 4.83. The van der Waals surface area contributed by atoms with E-state index in [-0.39, 0.29) is 36.5 Å². The molecule has 1 aliphatic rings. The van der Waals surface area contributed by atoms with E-state index in [1.807, 2.05) is 6.92 Å². The summed E-state index contributed by atoms with van der Waals surface area (Å²) in [5, 5.41) is 10.2. The molecule has 3 aromatic rings. The highest BCUT2D eigenvalue weighted by molar-refractivity contribution is 6.03. The maximum atomic E-state index is 12.4. The Bertz CT molecular complexity index is 1130. The molecule has 0 saturated carbocycles. The van der Waals surface area contributed by atoms with E-state index in [0.29, 0.717) is 11.3 Å². The number of nitrogens with one attached hydrogen (secondary N) is 1. The number of hydrogen-bond donors (Lipinski definition) is 1. The summed E-state index contributed by atoms with van der Waals surface area (Å²) in [5.41, 5.74) is 1.86. The van der Waals surface area contributed by atoms with E-state index >= 15 is 0 Å². The van der Waals surface area contributed by atoms with Gasteiger partial charge in [0.2, 0.25) is 11.8 Å². The lowest BCUT2D eigenvalue weighted by Gasteiger charge is -2.17. The molecule has 0 radical (unpaired) electrons. The SMILES string of the molecule is Cc1ccc(C(=O)Nc2nnc(C3CC(=O)N(c4ccc(OC(F)(F)F)cc4)C3)o2)cc1. The number of benzene rings is 2. The fourth-order valence-electron chi connectivity index (χ4n) is 3.27. The van der Waals surface area contributed by atoms with E-state index in [1.165, 1.54) is 17.0 Å². The molecule has 0 spiro atoms. The molecule has 32 heavy (non-hydrogen) atoms. The summed E-state index contributed by atoms with van der Waals surface area (Å²) >= 11 is 0. The van der Waals surface area contributed by atoms with Gasteiger partial charge in [-0.1, -0.05) is 22.8 Å². The highest BCUT2D eigenvalue weighted by Crippen LogP contribution is 2.33. The summed E-state index contributed by atoms with van der Waals surface area (Å²) in [6, 6.07) is 11.8. The number of amides is 2. The molecule has 1 unspecified atom stereocenters. The van der Waals surface area contributed by atoms with Gasteiger partial charge in [-0.25, -0.2) is 0 Å². The Morgan fingerprint density at radius 3 is 2.47 bits per heavy atom. The number of anilines is 2. The van der Waals surface area contributed by atoms with Gasteiger partial charge in [-0.2, -0.15) is 0 Å². The molecular formula is C21H17F3N4O4. The molecule has 1 N–H and O–H groups in total. The minimum absolute atomic E-state index is 0.0777. The molecule has 0 bridgehead atoms. The summed E-state index contributed by atoms with van der Waals surface area (Å²) in [4.78, 5) is 26.1. The molecular weight excluding hydrogens is 429 g/mol. The lowest BCUT2D eigenvalue weighted by Crippen LogP contribution is -2.24. The molecule has 1 aromatic heterocycles. The number of ether oxygens (including phenoxy) is 1. The van der Waals surface area contributed by atoms with Crippen LogP contribution in [-0.4, -0.2) is 34.9 Å². The van der Waals surface area contributed by atoms with Gasteiger partial charge >= 0.3 is 12.4 Å². The van der Waals surface area contributed by atoms with E-state index < -0.39 is 18.2 Å². The monoisotopic (exact) mass is 446 g/mol. The zero-order valence-electron chi connectivity index (χ0n) is 16.7. The van der Waals surface area contributed by atoms with Crippen LogP contribution in [0.25, 0.3) is 0 Å². The average Bonchev–Trinajstić information content (AvgIpc) is 3.34. The summed E-state index contributed by atoms with van der Waals surface area (Å²) < 4.78 is 46.3. The van der Waals surface area contributed by atoms with Crippen LogP contribution in [0.5, 0.6) is 5.75 Å². The second kappa shape index (κ2) is 8.33. The second-order valence-corrected chi connectivity index (χ2v) is 7.21. The van der Waals surface area contributed by atoms with Crippen LogP contribution in [0.3, 0.4) is 0 Å². The number of alkyl halides is 3. The van der Waals surface area contributed by atoms with Crippen molar-refractivity contribution < 1.29 is 31.9 Å². The Balaban J connectivity index is 1.40. The smallest absolute Gasteiger partial charge is 0.407 e. The topological polar surface area (TPSA) is 97.6 Å². The molecule has 0 aliphatic carbocycles. The van der Waals surface area contributed by atoms with Crippen molar-refractivity contribution in [3.05, 3.63) is 65.5 Å². The highest BCUT2D eigenvalue weighted by Gasteiger charge is 2.35. The number of nitrogens with zero attached hydrogens (tertiary/aromatic N) is 3. The van der Waals surface area contributed by atoms with Crippen molar-refractivity contribution in [2.75, 3.05) is 16.8 Å². The highest BCUT2D eigenvalue weighted by atomic mass is 19.4.